The van der Waals surface area contributed by atoms with Crippen LogP contribution in [0.2, 0.25) is 0 Å². The smallest absolute Gasteiger partial charge is 0.408 e. The van der Waals surface area contributed by atoms with E-state index in [0.29, 0.717) is 16.9 Å². The van der Waals surface area contributed by atoms with Gasteiger partial charge in [0.25, 0.3) is 0 Å². The Balaban J connectivity index is 2.36. The highest BCUT2D eigenvalue weighted by molar-refractivity contribution is 5.84. The maximum Gasteiger partial charge on any atom is 0.408 e. The van der Waals surface area contributed by atoms with Crippen LogP contribution >= 0.6 is 0 Å². The number of hydrogen-bond donors (Lipinski definition) is 2. The fourth-order valence-electron chi connectivity index (χ4n) is 2.47. The van der Waals surface area contributed by atoms with Gasteiger partial charge < -0.3 is 19.6 Å². The number of aliphatic carboxylic acids is 1. The summed E-state index contributed by atoms with van der Waals surface area (Å²) in [5.41, 5.74) is 0.654. The number of carboxylic acid groups (broad SMARTS) is 1. The van der Waals surface area contributed by atoms with E-state index in [1.54, 1.807) is 33.8 Å². The molecule has 6 heteroatoms. The largest absolute Gasteiger partial charge is 0.481 e. The maximum atomic E-state index is 12.0. The molecule has 1 aromatic heterocycles. The summed E-state index contributed by atoms with van der Waals surface area (Å²) in [6.45, 7) is 6.99. The highest BCUT2D eigenvalue weighted by Gasteiger charge is 2.26. The summed E-state index contributed by atoms with van der Waals surface area (Å²) in [7, 11) is 0. The summed E-state index contributed by atoms with van der Waals surface area (Å²) >= 11 is 0. The molecule has 23 heavy (non-hydrogen) atoms. The number of carboxylic acids is 1. The first-order valence-electron chi connectivity index (χ1n) is 7.36. The molecule has 1 atom stereocenters. The fraction of sp³-hybridized carbons (Fsp3) is 0.412. The van der Waals surface area contributed by atoms with Gasteiger partial charge in [-0.1, -0.05) is 18.2 Å². The van der Waals surface area contributed by atoms with Gasteiger partial charge in [-0.15, -0.1) is 0 Å². The average Bonchev–Trinajstić information content (AvgIpc) is 2.70. The number of alkyl carbamates (subject to hydrolysis) is 1. The van der Waals surface area contributed by atoms with Gasteiger partial charge >= 0.3 is 12.1 Å². The van der Waals surface area contributed by atoms with Gasteiger partial charge in [0, 0.05) is 10.9 Å². The average molecular weight is 319 g/mol. The summed E-state index contributed by atoms with van der Waals surface area (Å²) in [5.74, 6) is -0.441. The molecule has 0 aliphatic rings. The Hall–Kier alpha value is -2.50. The van der Waals surface area contributed by atoms with Gasteiger partial charge in [-0.25, -0.2) is 4.79 Å². The molecule has 1 aromatic carbocycles. The first-order chi connectivity index (χ1) is 10.7. The normalized spacial score (nSPS) is 12.9. The van der Waals surface area contributed by atoms with Crippen molar-refractivity contribution >= 4 is 23.0 Å². The third-order valence-electron chi connectivity index (χ3n) is 3.24. The minimum absolute atomic E-state index is 0.260. The Morgan fingerprint density at radius 3 is 2.57 bits per heavy atom. The van der Waals surface area contributed by atoms with E-state index < -0.39 is 23.7 Å². The molecule has 0 unspecified atom stereocenters. The van der Waals surface area contributed by atoms with E-state index >= 15 is 0 Å². The molecule has 0 aliphatic heterocycles. The van der Waals surface area contributed by atoms with Crippen molar-refractivity contribution in [2.45, 2.75) is 45.8 Å². The molecular formula is C17H21NO5. The Kier molecular flexibility index (Phi) is 4.63. The lowest BCUT2D eigenvalue weighted by Gasteiger charge is -2.23. The number of carbonyl (C=O) groups excluding carboxylic acids is 1. The molecule has 2 N–H and O–H groups in total. The van der Waals surface area contributed by atoms with Crippen LogP contribution in [0, 0.1) is 6.92 Å². The Morgan fingerprint density at radius 1 is 1.30 bits per heavy atom. The van der Waals surface area contributed by atoms with E-state index in [4.69, 9.17) is 14.3 Å². The summed E-state index contributed by atoms with van der Waals surface area (Å²) in [6.07, 6.45) is -0.919. The van der Waals surface area contributed by atoms with Crippen LogP contribution in [0.4, 0.5) is 4.79 Å². The van der Waals surface area contributed by atoms with Crippen molar-refractivity contribution in [3.05, 3.63) is 35.6 Å². The van der Waals surface area contributed by atoms with Crippen molar-refractivity contribution in [3.8, 4) is 0 Å². The van der Waals surface area contributed by atoms with E-state index in [9.17, 15) is 9.59 Å². The van der Waals surface area contributed by atoms with Crippen molar-refractivity contribution in [1.29, 1.82) is 0 Å². The molecule has 6 nitrogen and oxygen atoms in total. The molecule has 0 saturated carbocycles. The van der Waals surface area contributed by atoms with Crippen molar-refractivity contribution in [2.24, 2.45) is 0 Å². The van der Waals surface area contributed by atoms with Crippen LogP contribution in [0.25, 0.3) is 11.0 Å². The molecule has 2 rings (SSSR count). The van der Waals surface area contributed by atoms with Gasteiger partial charge in [0.05, 0.1) is 12.5 Å². The zero-order chi connectivity index (χ0) is 17.2. The van der Waals surface area contributed by atoms with E-state index in [2.05, 4.69) is 5.32 Å². The molecule has 0 fully saturated rings. The second-order valence-electron chi connectivity index (χ2n) is 6.36. The first-order valence-corrected chi connectivity index (χ1v) is 7.36. The summed E-state index contributed by atoms with van der Waals surface area (Å²) in [5, 5.41) is 12.6. The quantitative estimate of drug-likeness (QED) is 0.895. The second kappa shape index (κ2) is 6.32. The summed E-state index contributed by atoms with van der Waals surface area (Å²) in [6, 6.07) is 6.59. The maximum absolute atomic E-state index is 12.0. The lowest BCUT2D eigenvalue weighted by molar-refractivity contribution is -0.137. The van der Waals surface area contributed by atoms with Gasteiger partial charge in [0.2, 0.25) is 0 Å². The van der Waals surface area contributed by atoms with Crippen molar-refractivity contribution < 1.29 is 23.8 Å². The fourth-order valence-corrected chi connectivity index (χ4v) is 2.47. The van der Waals surface area contributed by atoms with Crippen LogP contribution < -0.4 is 5.32 Å². The molecule has 2 aromatic rings. The van der Waals surface area contributed by atoms with Crippen LogP contribution in [0.3, 0.4) is 0 Å². The number of amides is 1. The van der Waals surface area contributed by atoms with Gasteiger partial charge in [-0.2, -0.15) is 0 Å². The number of furan rings is 1. The topological polar surface area (TPSA) is 88.8 Å². The number of ether oxygens (including phenoxy) is 1. The van der Waals surface area contributed by atoms with E-state index in [1.165, 1.54) is 0 Å². The lowest BCUT2D eigenvalue weighted by Crippen LogP contribution is -2.36. The molecule has 0 spiro atoms. The lowest BCUT2D eigenvalue weighted by atomic mass is 10.0. The first kappa shape index (κ1) is 16.9. The SMILES string of the molecule is Cc1oc2ccccc2c1[C@H](CC(=O)O)NC(=O)OC(C)(C)C. The molecule has 124 valence electrons. The predicted molar refractivity (Wildman–Crippen MR) is 85.3 cm³/mol. The molecule has 0 saturated heterocycles. The van der Waals surface area contributed by atoms with E-state index in [0.717, 1.165) is 5.39 Å². The number of para-hydroxylation sites is 1. The molecule has 1 amide bonds. The van der Waals surface area contributed by atoms with Crippen LogP contribution in [-0.2, 0) is 9.53 Å². The van der Waals surface area contributed by atoms with E-state index in [1.807, 2.05) is 18.2 Å². The van der Waals surface area contributed by atoms with Crippen LogP contribution in [0.15, 0.2) is 28.7 Å². The summed E-state index contributed by atoms with van der Waals surface area (Å²) < 4.78 is 10.9. The number of fused-ring (bicyclic) bond motifs is 1. The van der Waals surface area contributed by atoms with Crippen molar-refractivity contribution in [1.82, 2.24) is 5.32 Å². The van der Waals surface area contributed by atoms with Crippen molar-refractivity contribution in [3.63, 3.8) is 0 Å². The van der Waals surface area contributed by atoms with Crippen LogP contribution in [0.5, 0.6) is 0 Å². The molecule has 0 aliphatic carbocycles. The standard InChI is InChI=1S/C17H21NO5/c1-10-15(11-7-5-6-8-13(11)22-10)12(9-14(19)20)18-16(21)23-17(2,3)4/h5-8,12H,9H2,1-4H3,(H,18,21)(H,19,20)/t12-/m0/s1. The molecule has 1 heterocycles. The number of rotatable bonds is 4. The monoisotopic (exact) mass is 319 g/mol. The third-order valence-corrected chi connectivity index (χ3v) is 3.24. The Bertz CT molecular complexity index is 726. The van der Waals surface area contributed by atoms with E-state index in [-0.39, 0.29) is 6.42 Å². The minimum atomic E-state index is -1.02. The van der Waals surface area contributed by atoms with Crippen molar-refractivity contribution in [2.75, 3.05) is 0 Å². The second-order valence-corrected chi connectivity index (χ2v) is 6.36. The number of hydrogen-bond acceptors (Lipinski definition) is 4. The van der Waals surface area contributed by atoms with Gasteiger partial charge in [0.15, 0.2) is 0 Å². The molecule has 0 radical (unpaired) electrons. The van der Waals surface area contributed by atoms with Crippen LogP contribution in [-0.4, -0.2) is 22.8 Å². The number of aryl methyl sites for hydroxylation is 1. The minimum Gasteiger partial charge on any atom is -0.481 e. The highest BCUT2D eigenvalue weighted by atomic mass is 16.6. The number of nitrogens with one attached hydrogen (secondary N) is 1. The number of carbonyl (C=O) groups is 2. The van der Waals surface area contributed by atoms with Crippen LogP contribution in [0.1, 0.15) is 44.6 Å². The summed E-state index contributed by atoms with van der Waals surface area (Å²) in [4.78, 5) is 23.2. The molecular weight excluding hydrogens is 298 g/mol. The number of benzene rings is 1. The zero-order valence-corrected chi connectivity index (χ0v) is 13.7. The Labute approximate surface area is 134 Å². The Morgan fingerprint density at radius 2 is 1.96 bits per heavy atom. The van der Waals surface area contributed by atoms with Gasteiger partial charge in [-0.05, 0) is 33.8 Å². The third kappa shape index (κ3) is 4.25. The van der Waals surface area contributed by atoms with Gasteiger partial charge in [-0.3, -0.25) is 4.79 Å². The highest BCUT2D eigenvalue weighted by Crippen LogP contribution is 2.32. The van der Waals surface area contributed by atoms with Gasteiger partial charge in [0.1, 0.15) is 16.9 Å². The zero-order valence-electron chi connectivity index (χ0n) is 13.7. The molecule has 0 bridgehead atoms. The predicted octanol–water partition coefficient (Wildman–Crippen LogP) is 3.78.